The lowest BCUT2D eigenvalue weighted by Crippen LogP contribution is -1.90. The number of hydrogen-bond donors (Lipinski definition) is 0. The van der Waals surface area contributed by atoms with E-state index in [0.717, 1.165) is 17.9 Å². The zero-order valence-electron chi connectivity index (χ0n) is 45.1. The molecular weight excluding hydrogens is 965 g/mol. The average molecular weight is 1030 g/mol. The van der Waals surface area contributed by atoms with Crippen LogP contribution in [0.2, 0.25) is 0 Å². The Kier molecular flexibility index (Phi) is 18.8. The Labute approximate surface area is 460 Å². The first-order chi connectivity index (χ1) is 36.2. The molecule has 75 heavy (non-hydrogen) atoms. The highest BCUT2D eigenvalue weighted by Crippen LogP contribution is 2.48. The Bertz CT molecular complexity index is 3130. The molecule has 376 valence electrons. The quantitative estimate of drug-likeness (QED) is 0.170. The minimum atomic E-state index is 0.879. The van der Waals surface area contributed by atoms with Crippen LogP contribution in [-0.4, -0.2) is 0 Å². The van der Waals surface area contributed by atoms with Crippen molar-refractivity contribution in [3.05, 3.63) is 285 Å². The summed E-state index contributed by atoms with van der Waals surface area (Å²) in [6, 6.07) is 77.5. The predicted octanol–water partition coefficient (Wildman–Crippen LogP) is 21.3. The molecule has 1 aliphatic carbocycles. The van der Waals surface area contributed by atoms with Crippen LogP contribution >= 0.6 is 35.3 Å². The molecule has 1 aliphatic heterocycles. The van der Waals surface area contributed by atoms with Crippen molar-refractivity contribution >= 4 is 35.3 Å². The maximum Gasteiger partial charge on any atom is 0.127 e. The number of fused-ring (bicyclic) bond motifs is 5. The summed E-state index contributed by atoms with van der Waals surface area (Å²) in [5, 5.41) is 0. The summed E-state index contributed by atoms with van der Waals surface area (Å²) in [4.78, 5) is 8.14. The Hall–Kier alpha value is -6.95. The number of benzene rings is 10. The normalized spacial score (nSPS) is 11.2. The maximum atomic E-state index is 5.69. The smallest absolute Gasteiger partial charge is 0.127 e. The molecular formula is C71H68OS3. The Morgan fingerprint density at radius 2 is 0.560 bits per heavy atom. The Balaban J connectivity index is 0.000000125. The third-order valence-corrected chi connectivity index (χ3v) is 16.4. The minimum absolute atomic E-state index is 0.879. The average Bonchev–Trinajstić information content (AvgIpc) is 3.76. The van der Waals surface area contributed by atoms with Gasteiger partial charge in [-0.25, -0.2) is 0 Å². The van der Waals surface area contributed by atoms with Crippen LogP contribution in [0.3, 0.4) is 0 Å². The molecule has 0 aromatic heterocycles. The predicted molar refractivity (Wildman–Crippen MR) is 325 cm³/mol. The molecule has 0 N–H and O–H groups in total. The van der Waals surface area contributed by atoms with Crippen molar-refractivity contribution in [1.82, 2.24) is 0 Å². The standard InChI is InChI=1S/C15H14.C14H14O.C14H12S2.C14H14S.C14H14/c1-10-3-5-14-12(7-10)9-13-8-11(2)4-6-15(13)14;1-11-3-7-13(8-4-11)15-14-9-5-12(2)6-10-14;1-9-3-5-11-13(7-9)15-12-6-4-10(2)8-14(12)16-11;1-11-3-7-13(8-4-11)15-14-9-5-12(2)6-10-14;1-11-3-7-13(8-4-11)14-9-5-12(2)6-10-14/h3-8H,9H2,1-2H3;3-10H,1-2H3;3-8H,1-2H3;3-10H,1-2H3;3-10H,1-2H3. The van der Waals surface area contributed by atoms with Crippen LogP contribution in [0.15, 0.2) is 248 Å². The van der Waals surface area contributed by atoms with Crippen LogP contribution in [0.1, 0.15) is 66.8 Å². The van der Waals surface area contributed by atoms with Gasteiger partial charge in [0.05, 0.1) is 0 Å². The van der Waals surface area contributed by atoms with E-state index in [1.807, 2.05) is 72.1 Å². The number of rotatable bonds is 5. The van der Waals surface area contributed by atoms with E-state index in [1.54, 1.807) is 11.8 Å². The first-order valence-electron chi connectivity index (χ1n) is 25.7. The zero-order chi connectivity index (χ0) is 52.8. The van der Waals surface area contributed by atoms with E-state index in [1.165, 1.54) is 118 Å². The largest absolute Gasteiger partial charge is 0.457 e. The summed E-state index contributed by atoms with van der Waals surface area (Å²) in [7, 11) is 0. The molecule has 0 saturated heterocycles. The van der Waals surface area contributed by atoms with Crippen LogP contribution in [0, 0.1) is 69.2 Å². The molecule has 0 radical (unpaired) electrons. The molecule has 1 nitrogen and oxygen atoms in total. The molecule has 10 aromatic carbocycles. The molecule has 10 aromatic rings. The molecule has 0 bridgehead atoms. The number of aryl methyl sites for hydroxylation is 10. The topological polar surface area (TPSA) is 9.23 Å². The summed E-state index contributed by atoms with van der Waals surface area (Å²) < 4.78 is 5.69. The van der Waals surface area contributed by atoms with E-state index in [9.17, 15) is 0 Å². The molecule has 0 amide bonds. The van der Waals surface area contributed by atoms with Crippen molar-refractivity contribution in [1.29, 1.82) is 0 Å². The molecule has 0 unspecified atom stereocenters. The van der Waals surface area contributed by atoms with Gasteiger partial charge in [0.25, 0.3) is 0 Å². The summed E-state index contributed by atoms with van der Waals surface area (Å²) in [6.45, 7) is 21.2. The zero-order valence-corrected chi connectivity index (χ0v) is 47.6. The second-order valence-corrected chi connectivity index (χ2v) is 23.1. The van der Waals surface area contributed by atoms with Gasteiger partial charge in [-0.1, -0.05) is 225 Å². The highest BCUT2D eigenvalue weighted by molar-refractivity contribution is 8.05. The Morgan fingerprint density at radius 1 is 0.280 bits per heavy atom. The monoisotopic (exact) mass is 1030 g/mol. The molecule has 0 atom stereocenters. The fourth-order valence-electron chi connectivity index (χ4n) is 8.45. The first-order valence-corrected chi connectivity index (χ1v) is 28.2. The van der Waals surface area contributed by atoms with E-state index in [4.69, 9.17) is 4.74 Å². The third kappa shape index (κ3) is 16.0. The minimum Gasteiger partial charge on any atom is -0.457 e. The van der Waals surface area contributed by atoms with Crippen LogP contribution in [0.5, 0.6) is 11.5 Å². The van der Waals surface area contributed by atoms with Crippen molar-refractivity contribution in [2.75, 3.05) is 0 Å². The molecule has 0 saturated carbocycles. The van der Waals surface area contributed by atoms with Gasteiger partial charge in [0.2, 0.25) is 0 Å². The van der Waals surface area contributed by atoms with E-state index < -0.39 is 0 Å². The fraction of sp³-hybridized carbons (Fsp3) is 0.155. The van der Waals surface area contributed by atoms with Crippen LogP contribution in [0.4, 0.5) is 0 Å². The van der Waals surface area contributed by atoms with Gasteiger partial charge in [-0.15, -0.1) is 0 Å². The van der Waals surface area contributed by atoms with Gasteiger partial charge >= 0.3 is 0 Å². The van der Waals surface area contributed by atoms with E-state index in [-0.39, 0.29) is 0 Å². The second-order valence-electron chi connectivity index (χ2n) is 19.8. The van der Waals surface area contributed by atoms with Crippen molar-refractivity contribution in [3.8, 4) is 33.8 Å². The molecule has 0 spiro atoms. The van der Waals surface area contributed by atoms with Gasteiger partial charge in [-0.05, 0) is 193 Å². The molecule has 0 fully saturated rings. The van der Waals surface area contributed by atoms with Crippen LogP contribution in [0.25, 0.3) is 22.3 Å². The van der Waals surface area contributed by atoms with Gasteiger partial charge in [0.15, 0.2) is 0 Å². The van der Waals surface area contributed by atoms with Gasteiger partial charge < -0.3 is 4.74 Å². The van der Waals surface area contributed by atoms with Gasteiger partial charge in [-0.3, -0.25) is 0 Å². The molecule has 12 rings (SSSR count). The van der Waals surface area contributed by atoms with Crippen molar-refractivity contribution < 1.29 is 4.74 Å². The summed E-state index contributed by atoms with van der Waals surface area (Å²) in [5.41, 5.74) is 21.5. The van der Waals surface area contributed by atoms with E-state index in [0.29, 0.717) is 0 Å². The van der Waals surface area contributed by atoms with Crippen molar-refractivity contribution in [3.63, 3.8) is 0 Å². The van der Waals surface area contributed by atoms with E-state index in [2.05, 4.69) is 239 Å². The highest BCUT2D eigenvalue weighted by atomic mass is 32.2. The highest BCUT2D eigenvalue weighted by Gasteiger charge is 2.18. The SMILES string of the molecule is Cc1ccc(-c2ccc(C)cc2)cc1.Cc1ccc(Oc2ccc(C)cc2)cc1.Cc1ccc(Sc2ccc(C)cc2)cc1.Cc1ccc2c(c1)Cc1cc(C)ccc1-2.Cc1ccc2c(c1)Sc1ccc(C)cc1S2. The van der Waals surface area contributed by atoms with Gasteiger partial charge in [-0.2, -0.15) is 0 Å². The summed E-state index contributed by atoms with van der Waals surface area (Å²) in [5.74, 6) is 1.76. The number of hydrogen-bond acceptors (Lipinski definition) is 4. The lowest BCUT2D eigenvalue weighted by Gasteiger charge is -2.18. The first kappa shape index (κ1) is 54.3. The van der Waals surface area contributed by atoms with Gasteiger partial charge in [0.1, 0.15) is 11.5 Å². The second kappa shape index (κ2) is 26.0. The Morgan fingerprint density at radius 3 is 0.907 bits per heavy atom. The summed E-state index contributed by atoms with van der Waals surface area (Å²) >= 11 is 5.57. The number of ether oxygens (including phenoxy) is 1. The fourth-order valence-corrected chi connectivity index (χ4v) is 11.7. The lowest BCUT2D eigenvalue weighted by molar-refractivity contribution is 0.482. The molecule has 4 heteroatoms. The third-order valence-electron chi connectivity index (χ3n) is 12.8. The van der Waals surface area contributed by atoms with Crippen LogP contribution < -0.4 is 4.74 Å². The molecule has 1 heterocycles. The molecule has 2 aliphatic rings. The van der Waals surface area contributed by atoms with Crippen molar-refractivity contribution in [2.45, 2.75) is 105 Å². The maximum absolute atomic E-state index is 5.69. The van der Waals surface area contributed by atoms with Crippen molar-refractivity contribution in [2.24, 2.45) is 0 Å². The summed E-state index contributed by atoms with van der Waals surface area (Å²) in [6.07, 6.45) is 1.11. The van der Waals surface area contributed by atoms with Gasteiger partial charge in [0, 0.05) is 29.4 Å². The lowest BCUT2D eigenvalue weighted by atomic mass is 10.0. The van der Waals surface area contributed by atoms with E-state index >= 15 is 0 Å². The van der Waals surface area contributed by atoms with Crippen LogP contribution in [-0.2, 0) is 6.42 Å².